The second-order valence-electron chi connectivity index (χ2n) is 7.68. The van der Waals surface area contributed by atoms with Gasteiger partial charge in [0.1, 0.15) is 5.84 Å². The van der Waals surface area contributed by atoms with Crippen LogP contribution in [0.15, 0.2) is 28.7 Å². The Morgan fingerprint density at radius 1 is 1.00 bits per heavy atom. The normalized spacial score (nSPS) is 24.0. The Balaban J connectivity index is 1.85. The molecule has 0 radical (unpaired) electrons. The van der Waals surface area contributed by atoms with E-state index in [1.165, 1.54) is 37.7 Å². The number of carbonyl (C=O) groups is 1. The fraction of sp³-hybridized carbons (Fsp3) is 0.600. The van der Waals surface area contributed by atoms with Gasteiger partial charge in [0.2, 0.25) is 5.91 Å². The Hall–Kier alpha value is -1.69. The number of sulfonamides is 1. The van der Waals surface area contributed by atoms with Crippen LogP contribution >= 0.6 is 0 Å². The highest BCUT2D eigenvalue weighted by atomic mass is 32.2. The van der Waals surface area contributed by atoms with Crippen LogP contribution in [0.5, 0.6) is 0 Å². The fourth-order valence-electron chi connectivity index (χ4n) is 3.79. The van der Waals surface area contributed by atoms with Crippen LogP contribution in [0.4, 0.5) is 0 Å². The van der Waals surface area contributed by atoms with Crippen molar-refractivity contribution in [3.05, 3.63) is 35.4 Å². The van der Waals surface area contributed by atoms with E-state index in [0.717, 1.165) is 5.56 Å². The van der Waals surface area contributed by atoms with Crippen molar-refractivity contribution in [1.29, 1.82) is 0 Å². The molecule has 1 unspecified atom stereocenters. The first kappa shape index (κ1) is 19.1. The number of piperidine rings is 1. The summed E-state index contributed by atoms with van der Waals surface area (Å²) in [6, 6.07) is 8.47. The lowest BCUT2D eigenvalue weighted by Gasteiger charge is -2.26. The maximum absolute atomic E-state index is 12.2. The summed E-state index contributed by atoms with van der Waals surface area (Å²) in [6.45, 7) is 3.19. The van der Waals surface area contributed by atoms with Crippen LogP contribution < -0.4 is 5.32 Å². The van der Waals surface area contributed by atoms with Gasteiger partial charge in [0.25, 0.3) is 10.0 Å². The fourth-order valence-corrected chi connectivity index (χ4v) is 4.45. The average Bonchev–Trinajstić information content (AvgIpc) is 2.62. The number of benzene rings is 1. The summed E-state index contributed by atoms with van der Waals surface area (Å²) in [4.78, 5) is 11.8. The van der Waals surface area contributed by atoms with Crippen molar-refractivity contribution in [3.8, 4) is 0 Å². The molecule has 1 aromatic carbocycles. The Bertz CT molecular complexity index is 776. The molecule has 1 saturated carbocycles. The highest BCUT2D eigenvalue weighted by Crippen LogP contribution is 2.34. The van der Waals surface area contributed by atoms with Crippen LogP contribution in [-0.4, -0.2) is 25.4 Å². The molecule has 142 valence electrons. The van der Waals surface area contributed by atoms with Crippen molar-refractivity contribution in [2.75, 3.05) is 0 Å². The third-order valence-corrected chi connectivity index (χ3v) is 7.14. The Labute approximate surface area is 156 Å². The summed E-state index contributed by atoms with van der Waals surface area (Å²) in [5.41, 5.74) is 2.38. The monoisotopic (exact) mass is 376 g/mol. The third kappa shape index (κ3) is 4.34. The summed E-state index contributed by atoms with van der Waals surface area (Å²) >= 11 is 0. The van der Waals surface area contributed by atoms with Gasteiger partial charge < -0.3 is 5.32 Å². The van der Waals surface area contributed by atoms with Crippen molar-refractivity contribution >= 4 is 21.8 Å². The van der Waals surface area contributed by atoms with E-state index in [0.29, 0.717) is 18.8 Å². The van der Waals surface area contributed by atoms with Crippen molar-refractivity contribution in [2.24, 2.45) is 4.40 Å². The van der Waals surface area contributed by atoms with Gasteiger partial charge in [-0.25, -0.2) is 8.42 Å². The highest BCUT2D eigenvalue weighted by Gasteiger charge is 2.29. The molecule has 1 saturated heterocycles. The van der Waals surface area contributed by atoms with Gasteiger partial charge in [-0.15, -0.1) is 4.40 Å². The smallest absolute Gasteiger partial charge is 0.257 e. The molecule has 1 heterocycles. The van der Waals surface area contributed by atoms with E-state index in [-0.39, 0.29) is 17.7 Å². The molecule has 0 aromatic heterocycles. The molecular weight excluding hydrogens is 348 g/mol. The molecule has 2 fully saturated rings. The van der Waals surface area contributed by atoms with Crippen molar-refractivity contribution < 1.29 is 13.2 Å². The number of nitrogens with zero attached hydrogens (tertiary/aromatic N) is 1. The maximum atomic E-state index is 12.2. The number of hydrogen-bond acceptors (Lipinski definition) is 3. The molecule has 2 aliphatic rings. The quantitative estimate of drug-likeness (QED) is 0.867. The van der Waals surface area contributed by atoms with Gasteiger partial charge in [-0.1, -0.05) is 43.5 Å². The minimum atomic E-state index is -3.61. The second kappa shape index (κ2) is 7.91. The molecule has 1 amide bonds. The molecule has 1 aliphatic heterocycles. The molecule has 0 spiro atoms. The van der Waals surface area contributed by atoms with Crippen LogP contribution in [0.3, 0.4) is 0 Å². The van der Waals surface area contributed by atoms with Crippen LogP contribution in [0.25, 0.3) is 0 Å². The zero-order valence-electron chi connectivity index (χ0n) is 15.6. The number of nitrogens with one attached hydrogen (secondary N) is 1. The topological polar surface area (TPSA) is 75.6 Å². The first-order chi connectivity index (χ1) is 12.4. The molecule has 1 atom stereocenters. The van der Waals surface area contributed by atoms with Crippen LogP contribution in [-0.2, 0) is 14.8 Å². The van der Waals surface area contributed by atoms with Gasteiger partial charge in [-0.2, -0.15) is 0 Å². The zero-order valence-corrected chi connectivity index (χ0v) is 16.4. The highest BCUT2D eigenvalue weighted by molar-refractivity contribution is 7.90. The first-order valence-electron chi connectivity index (χ1n) is 9.60. The standard InChI is InChI=1S/C20H28N2O3S/c1-14(2)26(24,25)22-20-18(12-13-19(23)21-20)17-10-8-16(9-11-17)15-6-4-3-5-7-15/h8-11,14-15,18H,3-7,12-13H2,1-2H3,(H,21,22,23). The molecule has 26 heavy (non-hydrogen) atoms. The van der Waals surface area contributed by atoms with E-state index in [1.807, 2.05) is 0 Å². The SMILES string of the molecule is CC(C)S(=O)(=O)N=C1NC(=O)CCC1c1ccc(C2CCCCC2)cc1. The largest absolute Gasteiger partial charge is 0.313 e. The molecule has 1 aromatic rings. The van der Waals surface area contributed by atoms with Gasteiger partial charge in [-0.3, -0.25) is 4.79 Å². The van der Waals surface area contributed by atoms with Crippen LogP contribution in [0, 0.1) is 0 Å². The van der Waals surface area contributed by atoms with E-state index in [1.54, 1.807) is 13.8 Å². The number of carbonyl (C=O) groups excluding carboxylic acids is 1. The average molecular weight is 377 g/mol. The van der Waals surface area contributed by atoms with Gasteiger partial charge in [0.15, 0.2) is 0 Å². The molecule has 6 heteroatoms. The molecule has 1 aliphatic carbocycles. The van der Waals surface area contributed by atoms with E-state index >= 15 is 0 Å². The van der Waals surface area contributed by atoms with Gasteiger partial charge in [-0.05, 0) is 50.2 Å². The van der Waals surface area contributed by atoms with E-state index in [4.69, 9.17) is 0 Å². The van der Waals surface area contributed by atoms with Crippen molar-refractivity contribution in [2.45, 2.75) is 75.9 Å². The van der Waals surface area contributed by atoms with Gasteiger partial charge in [0.05, 0.1) is 5.25 Å². The van der Waals surface area contributed by atoms with Crippen molar-refractivity contribution in [1.82, 2.24) is 5.32 Å². The summed E-state index contributed by atoms with van der Waals surface area (Å²) in [5.74, 6) is 0.554. The zero-order chi connectivity index (χ0) is 18.7. The number of rotatable bonds is 4. The lowest BCUT2D eigenvalue weighted by atomic mass is 9.82. The Morgan fingerprint density at radius 2 is 1.62 bits per heavy atom. The van der Waals surface area contributed by atoms with E-state index in [9.17, 15) is 13.2 Å². The lowest BCUT2D eigenvalue weighted by Crippen LogP contribution is -2.40. The minimum absolute atomic E-state index is 0.169. The Kier molecular flexibility index (Phi) is 5.80. The van der Waals surface area contributed by atoms with Gasteiger partial charge >= 0.3 is 0 Å². The second-order valence-corrected chi connectivity index (χ2v) is 9.84. The van der Waals surface area contributed by atoms with E-state index < -0.39 is 15.3 Å². The summed E-state index contributed by atoms with van der Waals surface area (Å²) < 4.78 is 28.4. The predicted octanol–water partition coefficient (Wildman–Crippen LogP) is 3.86. The van der Waals surface area contributed by atoms with Crippen LogP contribution in [0.2, 0.25) is 0 Å². The summed E-state index contributed by atoms with van der Waals surface area (Å²) in [5, 5.41) is 2.08. The summed E-state index contributed by atoms with van der Waals surface area (Å²) in [6.07, 6.45) is 7.39. The number of hydrogen-bond donors (Lipinski definition) is 1. The molecule has 5 nitrogen and oxygen atoms in total. The van der Waals surface area contributed by atoms with Crippen LogP contribution in [0.1, 0.15) is 81.8 Å². The number of amidine groups is 1. The molecule has 0 bridgehead atoms. The lowest BCUT2D eigenvalue weighted by molar-refractivity contribution is -0.120. The maximum Gasteiger partial charge on any atom is 0.257 e. The molecule has 3 rings (SSSR count). The molecule has 1 N–H and O–H groups in total. The third-order valence-electron chi connectivity index (χ3n) is 5.49. The number of amides is 1. The minimum Gasteiger partial charge on any atom is -0.313 e. The summed E-state index contributed by atoms with van der Waals surface area (Å²) in [7, 11) is -3.61. The van der Waals surface area contributed by atoms with Crippen molar-refractivity contribution in [3.63, 3.8) is 0 Å². The van der Waals surface area contributed by atoms with Gasteiger partial charge in [0, 0.05) is 12.3 Å². The Morgan fingerprint density at radius 3 is 2.23 bits per heavy atom. The first-order valence-corrected chi connectivity index (χ1v) is 11.1. The molecular formula is C20H28N2O3S. The van der Waals surface area contributed by atoms with E-state index in [2.05, 4.69) is 34.0 Å². The predicted molar refractivity (Wildman–Crippen MR) is 104 cm³/mol.